The molecular formula is C25H38ClN. The number of hydrogen-bond donors (Lipinski definition) is 1. The molecule has 0 aromatic heterocycles. The summed E-state index contributed by atoms with van der Waals surface area (Å²) in [6, 6.07) is 6.75. The number of halogens is 1. The average Bonchev–Trinajstić information content (AvgIpc) is 2.64. The number of nitrogens with one attached hydrogen (secondary N) is 1. The Morgan fingerprint density at radius 2 is 1.81 bits per heavy atom. The predicted molar refractivity (Wildman–Crippen MR) is 118 cm³/mol. The molecule has 2 aliphatic carbocycles. The molecule has 1 nitrogen and oxygen atoms in total. The molecule has 2 aliphatic rings. The van der Waals surface area contributed by atoms with Gasteiger partial charge in [-0.05, 0) is 66.5 Å². The first-order chi connectivity index (χ1) is 12.9. The number of rotatable bonds is 7. The van der Waals surface area contributed by atoms with Crippen LogP contribution < -0.4 is 5.32 Å². The van der Waals surface area contributed by atoms with Crippen LogP contribution >= 0.6 is 11.6 Å². The van der Waals surface area contributed by atoms with Crippen molar-refractivity contribution in [2.24, 2.45) is 11.3 Å². The van der Waals surface area contributed by atoms with Crippen molar-refractivity contribution in [3.05, 3.63) is 46.6 Å². The van der Waals surface area contributed by atoms with E-state index >= 15 is 0 Å². The topological polar surface area (TPSA) is 12.0 Å². The first-order valence-electron chi connectivity index (χ1n) is 11.1. The molecule has 0 aliphatic heterocycles. The second kappa shape index (κ2) is 9.50. The van der Waals surface area contributed by atoms with Crippen molar-refractivity contribution in [3.8, 4) is 0 Å². The molecular weight excluding hydrogens is 350 g/mol. The zero-order chi connectivity index (χ0) is 19.3. The predicted octanol–water partition coefficient (Wildman–Crippen LogP) is 7.64. The highest BCUT2D eigenvalue weighted by atomic mass is 35.5. The summed E-state index contributed by atoms with van der Waals surface area (Å²) < 4.78 is 0. The summed E-state index contributed by atoms with van der Waals surface area (Å²) in [7, 11) is 0. The van der Waals surface area contributed by atoms with Crippen LogP contribution in [0.4, 0.5) is 0 Å². The van der Waals surface area contributed by atoms with E-state index < -0.39 is 0 Å². The lowest BCUT2D eigenvalue weighted by molar-refractivity contribution is 0.224. The summed E-state index contributed by atoms with van der Waals surface area (Å²) in [5, 5.41) is 4.45. The average molecular weight is 388 g/mol. The SMILES string of the molecule is C=C(Cc1ccc(C2CCC(C)(C)CC2)cc1Cl)NCCC1CCCCC1. The summed E-state index contributed by atoms with van der Waals surface area (Å²) in [5.74, 6) is 1.60. The molecule has 1 N–H and O–H groups in total. The van der Waals surface area contributed by atoms with E-state index in [4.69, 9.17) is 11.6 Å². The summed E-state index contributed by atoms with van der Waals surface area (Å²) in [6.45, 7) is 10.1. The van der Waals surface area contributed by atoms with Gasteiger partial charge in [0.2, 0.25) is 0 Å². The van der Waals surface area contributed by atoms with Crippen LogP contribution in [0.25, 0.3) is 0 Å². The zero-order valence-electron chi connectivity index (χ0n) is 17.5. The number of benzene rings is 1. The van der Waals surface area contributed by atoms with Gasteiger partial charge in [0.15, 0.2) is 0 Å². The molecule has 0 atom stereocenters. The van der Waals surface area contributed by atoms with Crippen molar-refractivity contribution in [2.45, 2.75) is 90.4 Å². The van der Waals surface area contributed by atoms with E-state index in [0.717, 1.165) is 29.6 Å². The third-order valence-corrected chi connectivity index (χ3v) is 7.30. The molecule has 0 bridgehead atoms. The van der Waals surface area contributed by atoms with E-state index in [1.54, 1.807) is 0 Å². The highest BCUT2D eigenvalue weighted by Gasteiger charge is 2.27. The molecule has 0 unspecified atom stereocenters. The molecule has 150 valence electrons. The van der Waals surface area contributed by atoms with Gasteiger partial charge >= 0.3 is 0 Å². The van der Waals surface area contributed by atoms with E-state index in [1.165, 1.54) is 75.3 Å². The van der Waals surface area contributed by atoms with Gasteiger partial charge in [-0.25, -0.2) is 0 Å². The normalized spacial score (nSPS) is 21.1. The van der Waals surface area contributed by atoms with E-state index in [1.807, 2.05) is 0 Å². The monoisotopic (exact) mass is 387 g/mol. The van der Waals surface area contributed by atoms with Gasteiger partial charge in [0.25, 0.3) is 0 Å². The maximum atomic E-state index is 6.64. The van der Waals surface area contributed by atoms with Gasteiger partial charge in [0.1, 0.15) is 0 Å². The third kappa shape index (κ3) is 6.28. The second-order valence-electron chi connectivity index (χ2n) is 9.79. The van der Waals surface area contributed by atoms with Crippen molar-refractivity contribution in [3.63, 3.8) is 0 Å². The quantitative estimate of drug-likeness (QED) is 0.506. The van der Waals surface area contributed by atoms with Crippen molar-refractivity contribution in [1.29, 1.82) is 0 Å². The Kier molecular flexibility index (Phi) is 7.31. The molecule has 2 heteroatoms. The summed E-state index contributed by atoms with van der Waals surface area (Å²) in [4.78, 5) is 0. The van der Waals surface area contributed by atoms with Gasteiger partial charge < -0.3 is 5.32 Å². The van der Waals surface area contributed by atoms with Crippen LogP contribution in [0, 0.1) is 11.3 Å². The molecule has 1 aromatic carbocycles. The highest BCUT2D eigenvalue weighted by Crippen LogP contribution is 2.43. The first-order valence-corrected chi connectivity index (χ1v) is 11.5. The van der Waals surface area contributed by atoms with Crippen LogP contribution in [-0.2, 0) is 6.42 Å². The molecule has 3 rings (SSSR count). The van der Waals surface area contributed by atoms with Gasteiger partial charge in [0, 0.05) is 23.7 Å². The minimum Gasteiger partial charge on any atom is -0.389 e. The maximum absolute atomic E-state index is 6.64. The molecule has 2 saturated carbocycles. The Morgan fingerprint density at radius 1 is 1.11 bits per heavy atom. The van der Waals surface area contributed by atoms with Crippen molar-refractivity contribution in [2.75, 3.05) is 6.54 Å². The fraction of sp³-hybridized carbons (Fsp3) is 0.680. The maximum Gasteiger partial charge on any atom is 0.0444 e. The zero-order valence-corrected chi connectivity index (χ0v) is 18.2. The van der Waals surface area contributed by atoms with Crippen LogP contribution in [0.2, 0.25) is 5.02 Å². The number of hydrogen-bond acceptors (Lipinski definition) is 1. The summed E-state index contributed by atoms with van der Waals surface area (Å²) in [6.07, 6.45) is 14.4. The standard InChI is InChI=1S/C25H38ClN/c1-19(27-16-13-20-7-5-4-6-8-20)17-23-10-9-22(18-24(23)26)21-11-14-25(2,3)15-12-21/h9-10,18,20-21,27H,1,4-8,11-17H2,2-3H3. The third-order valence-electron chi connectivity index (χ3n) is 6.94. The fourth-order valence-electron chi connectivity index (χ4n) is 4.91. The lowest BCUT2D eigenvalue weighted by atomic mass is 9.71. The van der Waals surface area contributed by atoms with Crippen LogP contribution in [0.15, 0.2) is 30.5 Å². The Morgan fingerprint density at radius 3 is 2.48 bits per heavy atom. The lowest BCUT2D eigenvalue weighted by Gasteiger charge is -2.34. The van der Waals surface area contributed by atoms with Crippen LogP contribution in [0.1, 0.15) is 95.1 Å². The minimum absolute atomic E-state index is 0.515. The van der Waals surface area contributed by atoms with Gasteiger partial charge in [0.05, 0.1) is 0 Å². The molecule has 27 heavy (non-hydrogen) atoms. The molecule has 2 fully saturated rings. The molecule has 0 spiro atoms. The van der Waals surface area contributed by atoms with Crippen molar-refractivity contribution in [1.82, 2.24) is 5.32 Å². The van der Waals surface area contributed by atoms with Gasteiger partial charge in [-0.2, -0.15) is 0 Å². The lowest BCUT2D eigenvalue weighted by Crippen LogP contribution is -2.20. The number of allylic oxidation sites excluding steroid dienone is 1. The Balaban J connectivity index is 1.46. The molecule has 0 amide bonds. The van der Waals surface area contributed by atoms with Crippen molar-refractivity contribution >= 4 is 11.6 Å². The van der Waals surface area contributed by atoms with Crippen LogP contribution in [0.5, 0.6) is 0 Å². The van der Waals surface area contributed by atoms with Gasteiger partial charge in [-0.15, -0.1) is 0 Å². The first kappa shape index (κ1) is 20.8. The Hall–Kier alpha value is -0.950. The van der Waals surface area contributed by atoms with E-state index in [-0.39, 0.29) is 0 Å². The van der Waals surface area contributed by atoms with E-state index in [0.29, 0.717) is 11.3 Å². The smallest absolute Gasteiger partial charge is 0.0444 e. The van der Waals surface area contributed by atoms with Gasteiger partial charge in [-0.1, -0.05) is 76.3 Å². The minimum atomic E-state index is 0.515. The Labute approximate surface area is 172 Å². The Bertz CT molecular complexity index is 617. The van der Waals surface area contributed by atoms with Crippen LogP contribution in [-0.4, -0.2) is 6.54 Å². The summed E-state index contributed by atoms with van der Waals surface area (Å²) >= 11 is 6.64. The van der Waals surface area contributed by atoms with E-state index in [2.05, 4.69) is 43.9 Å². The molecule has 0 saturated heterocycles. The molecule has 1 aromatic rings. The van der Waals surface area contributed by atoms with Gasteiger partial charge in [-0.3, -0.25) is 0 Å². The second-order valence-corrected chi connectivity index (χ2v) is 10.2. The highest BCUT2D eigenvalue weighted by molar-refractivity contribution is 6.31. The molecule has 0 radical (unpaired) electrons. The van der Waals surface area contributed by atoms with E-state index in [9.17, 15) is 0 Å². The fourth-order valence-corrected chi connectivity index (χ4v) is 5.17. The molecule has 0 heterocycles. The summed E-state index contributed by atoms with van der Waals surface area (Å²) in [5.41, 5.74) is 4.24. The van der Waals surface area contributed by atoms with Crippen LogP contribution in [0.3, 0.4) is 0 Å². The van der Waals surface area contributed by atoms with Crippen molar-refractivity contribution < 1.29 is 0 Å². The largest absolute Gasteiger partial charge is 0.389 e.